The van der Waals surface area contributed by atoms with Gasteiger partial charge in [0.2, 0.25) is 0 Å². The van der Waals surface area contributed by atoms with Crippen LogP contribution >= 0.6 is 11.6 Å². The number of halogens is 1. The van der Waals surface area contributed by atoms with Gasteiger partial charge in [0.15, 0.2) is 6.10 Å². The van der Waals surface area contributed by atoms with Crippen molar-refractivity contribution in [2.45, 2.75) is 59.9 Å². The molecule has 1 unspecified atom stereocenters. The summed E-state index contributed by atoms with van der Waals surface area (Å²) in [6.45, 7) is 11.0. The number of anilines is 3. The second-order valence-corrected chi connectivity index (χ2v) is 10.2. The van der Waals surface area contributed by atoms with Crippen molar-refractivity contribution >= 4 is 58.9 Å². The Morgan fingerprint density at radius 3 is 1.42 bits per heavy atom. The van der Waals surface area contributed by atoms with E-state index >= 15 is 0 Å². The summed E-state index contributed by atoms with van der Waals surface area (Å²) >= 11 is 5.74. The van der Waals surface area contributed by atoms with Gasteiger partial charge in [-0.2, -0.15) is 0 Å². The lowest BCUT2D eigenvalue weighted by Gasteiger charge is -2.13. The Hall–Kier alpha value is -5.50. The summed E-state index contributed by atoms with van der Waals surface area (Å²) in [6, 6.07) is 25.0. The van der Waals surface area contributed by atoms with E-state index in [1.165, 1.54) is 6.92 Å². The van der Waals surface area contributed by atoms with Crippen molar-refractivity contribution in [3.63, 3.8) is 0 Å². The monoisotopic (exact) mass is 689 g/mol. The molecule has 0 heterocycles. The van der Waals surface area contributed by atoms with Gasteiger partial charge >= 0.3 is 24.4 Å². The first-order valence-electron chi connectivity index (χ1n) is 14.7. The molecule has 262 valence electrons. The van der Waals surface area contributed by atoms with Crippen molar-refractivity contribution in [1.29, 1.82) is 0 Å². The number of hydrogen-bond acceptors (Lipinski definition) is 8. The third kappa shape index (κ3) is 23.8. The molecule has 0 aromatic heterocycles. The van der Waals surface area contributed by atoms with Crippen molar-refractivity contribution in [1.82, 2.24) is 5.32 Å². The van der Waals surface area contributed by atoms with Crippen molar-refractivity contribution in [2.24, 2.45) is 5.73 Å². The molecule has 0 bridgehead atoms. The van der Waals surface area contributed by atoms with Gasteiger partial charge in [-0.25, -0.2) is 19.2 Å². The molecule has 0 fully saturated rings. The fourth-order valence-corrected chi connectivity index (χ4v) is 3.20. The minimum Gasteiger partial charge on any atom is -0.465 e. The smallest absolute Gasteiger partial charge is 0.412 e. The highest BCUT2D eigenvalue weighted by Gasteiger charge is 2.16. The molecule has 0 aliphatic heterocycles. The number of carboxylic acid groups (broad SMARTS) is 1. The van der Waals surface area contributed by atoms with E-state index in [-0.39, 0.29) is 18.1 Å². The Balaban J connectivity index is 0.000000658. The standard InChI is InChI=1S/C12H16N2O3.C10H12ClNO2.C10H13NO2.CH3NO2/c1-3-13-11(15)9(2)17-12(16)14-10-7-5-4-6-8-10;1-7(2)14-10(13)12-9-5-3-4-8(11)6-9;1-8(2)13-10(12)11-9-6-4-3-5-7-9;2-1(3)4/h4-9H,3H2,1-2H3,(H,13,15)(H,14,16);3-7H,1-2H3,(H,12,13);3-8H,1-2H3,(H,11,12);2H2,(H,3,4). The second-order valence-electron chi connectivity index (χ2n) is 9.81. The van der Waals surface area contributed by atoms with E-state index in [1.54, 1.807) is 69.3 Å². The fraction of sp³-hybridized carbons (Fsp3) is 0.303. The van der Waals surface area contributed by atoms with Crippen molar-refractivity contribution in [3.05, 3.63) is 90.0 Å². The number of nitrogens with one attached hydrogen (secondary N) is 4. The molecule has 15 heteroatoms. The van der Waals surface area contributed by atoms with Crippen LogP contribution in [-0.4, -0.2) is 60.2 Å². The molecule has 0 radical (unpaired) electrons. The molecule has 1 atom stereocenters. The summed E-state index contributed by atoms with van der Waals surface area (Å²) in [5, 5.41) is 18.1. The molecule has 0 aliphatic carbocycles. The van der Waals surface area contributed by atoms with Crippen LogP contribution in [0.15, 0.2) is 84.9 Å². The topological polar surface area (TPSA) is 207 Å². The quantitative estimate of drug-likeness (QED) is 0.131. The summed E-state index contributed by atoms with van der Waals surface area (Å²) < 4.78 is 14.7. The van der Waals surface area contributed by atoms with Crippen LogP contribution in [-0.2, 0) is 19.0 Å². The van der Waals surface area contributed by atoms with Crippen LogP contribution in [0.1, 0.15) is 41.5 Å². The molecule has 5 amide bonds. The van der Waals surface area contributed by atoms with Gasteiger partial charge in [0.05, 0.1) is 12.2 Å². The summed E-state index contributed by atoms with van der Waals surface area (Å²) in [7, 11) is 0. The summed E-state index contributed by atoms with van der Waals surface area (Å²) in [5.74, 6) is -0.310. The average Bonchev–Trinajstić information content (AvgIpc) is 2.98. The zero-order valence-electron chi connectivity index (χ0n) is 27.7. The van der Waals surface area contributed by atoms with Gasteiger partial charge in [-0.1, -0.05) is 54.1 Å². The van der Waals surface area contributed by atoms with Gasteiger partial charge in [-0.15, -0.1) is 0 Å². The number of primary amides is 1. The van der Waals surface area contributed by atoms with Crippen LogP contribution in [0, 0.1) is 0 Å². The number of rotatable bonds is 8. The van der Waals surface area contributed by atoms with E-state index in [0.29, 0.717) is 22.9 Å². The van der Waals surface area contributed by atoms with E-state index < -0.39 is 30.5 Å². The third-order valence-corrected chi connectivity index (χ3v) is 5.04. The molecule has 14 nitrogen and oxygen atoms in total. The normalized spacial score (nSPS) is 10.1. The fourth-order valence-electron chi connectivity index (χ4n) is 3.01. The Kier molecular flexibility index (Phi) is 21.9. The summed E-state index contributed by atoms with van der Waals surface area (Å²) in [6.07, 6.45) is -3.89. The molecule has 3 aromatic carbocycles. The van der Waals surface area contributed by atoms with Gasteiger partial charge < -0.3 is 30.4 Å². The number of carbonyl (C=O) groups excluding carboxylic acids is 4. The van der Waals surface area contributed by atoms with E-state index in [9.17, 15) is 19.2 Å². The minimum absolute atomic E-state index is 0.0938. The van der Waals surface area contributed by atoms with Crippen LogP contribution < -0.4 is 27.0 Å². The lowest BCUT2D eigenvalue weighted by atomic mass is 10.3. The van der Waals surface area contributed by atoms with Gasteiger partial charge in [0.1, 0.15) is 0 Å². The van der Waals surface area contributed by atoms with Gasteiger partial charge in [-0.05, 0) is 84.0 Å². The maximum absolute atomic E-state index is 11.4. The van der Waals surface area contributed by atoms with E-state index in [0.717, 1.165) is 5.69 Å². The maximum Gasteiger partial charge on any atom is 0.412 e. The second kappa shape index (κ2) is 24.7. The number of likely N-dealkylation sites (N-methyl/N-ethyl adjacent to an activating group) is 1. The molecule has 0 saturated carbocycles. The lowest BCUT2D eigenvalue weighted by molar-refractivity contribution is -0.128. The highest BCUT2D eigenvalue weighted by molar-refractivity contribution is 6.30. The lowest BCUT2D eigenvalue weighted by Crippen LogP contribution is -2.36. The number of carbonyl (C=O) groups is 5. The van der Waals surface area contributed by atoms with Gasteiger partial charge in [0, 0.05) is 28.6 Å². The molecule has 7 N–H and O–H groups in total. The van der Waals surface area contributed by atoms with Crippen LogP contribution in [0.5, 0.6) is 0 Å². The molecular weight excluding hydrogens is 646 g/mol. The molecular formula is C33H44ClN5O9. The number of ether oxygens (including phenoxy) is 3. The first-order chi connectivity index (χ1) is 22.6. The van der Waals surface area contributed by atoms with E-state index in [1.807, 2.05) is 50.2 Å². The summed E-state index contributed by atoms with van der Waals surface area (Å²) in [5.41, 5.74) is 6.02. The molecule has 0 spiro atoms. The highest BCUT2D eigenvalue weighted by Crippen LogP contribution is 2.15. The molecule has 48 heavy (non-hydrogen) atoms. The molecule has 3 aromatic rings. The number of nitrogens with two attached hydrogens (primary N) is 1. The zero-order valence-corrected chi connectivity index (χ0v) is 28.4. The van der Waals surface area contributed by atoms with Crippen LogP contribution in [0.2, 0.25) is 5.02 Å². The van der Waals surface area contributed by atoms with Crippen molar-refractivity contribution in [3.8, 4) is 0 Å². The number of amides is 5. The van der Waals surface area contributed by atoms with E-state index in [2.05, 4.69) is 27.0 Å². The molecule has 0 aliphatic rings. The first-order valence-corrected chi connectivity index (χ1v) is 15.0. The van der Waals surface area contributed by atoms with Gasteiger partial charge in [-0.3, -0.25) is 20.7 Å². The Labute approximate surface area is 285 Å². The highest BCUT2D eigenvalue weighted by atomic mass is 35.5. The predicted molar refractivity (Wildman–Crippen MR) is 185 cm³/mol. The largest absolute Gasteiger partial charge is 0.465 e. The Morgan fingerprint density at radius 2 is 1.04 bits per heavy atom. The average molecular weight is 690 g/mol. The van der Waals surface area contributed by atoms with Crippen molar-refractivity contribution in [2.75, 3.05) is 22.5 Å². The first kappa shape index (κ1) is 42.5. The number of hydrogen-bond donors (Lipinski definition) is 6. The van der Waals surface area contributed by atoms with Gasteiger partial charge in [0.25, 0.3) is 5.91 Å². The predicted octanol–water partition coefficient (Wildman–Crippen LogP) is 7.32. The number of para-hydroxylation sites is 2. The molecule has 0 saturated heterocycles. The van der Waals surface area contributed by atoms with Crippen molar-refractivity contribution < 1.29 is 43.3 Å². The third-order valence-electron chi connectivity index (χ3n) is 4.80. The molecule has 3 rings (SSSR count). The minimum atomic E-state index is -1.33. The Bertz CT molecular complexity index is 1390. The maximum atomic E-state index is 11.4. The zero-order chi connectivity index (χ0) is 36.5. The van der Waals surface area contributed by atoms with Crippen LogP contribution in [0.4, 0.5) is 36.2 Å². The Morgan fingerprint density at radius 1 is 0.667 bits per heavy atom. The number of benzene rings is 3. The SMILES string of the molecule is CC(C)OC(=O)Nc1cccc(Cl)c1.CC(C)OC(=O)Nc1ccccc1.CCNC(=O)C(C)OC(=O)Nc1ccccc1.NC(=O)O. The van der Waals surface area contributed by atoms with E-state index in [4.69, 9.17) is 35.7 Å². The summed E-state index contributed by atoms with van der Waals surface area (Å²) in [4.78, 5) is 53.8. The van der Waals surface area contributed by atoms with Crippen LogP contribution in [0.3, 0.4) is 0 Å². The van der Waals surface area contributed by atoms with Crippen LogP contribution in [0.25, 0.3) is 0 Å².